The van der Waals surface area contributed by atoms with E-state index < -0.39 is 11.6 Å². The second kappa shape index (κ2) is 12.1. The number of benzene rings is 2. The predicted molar refractivity (Wildman–Crippen MR) is 118 cm³/mol. The number of nitrogens with two attached hydrogens (primary N) is 1. The van der Waals surface area contributed by atoms with Crippen molar-refractivity contribution in [1.82, 2.24) is 5.32 Å². The topological polar surface area (TPSA) is 102 Å². The van der Waals surface area contributed by atoms with Crippen LogP contribution in [0.4, 0.5) is 20.2 Å². The fourth-order valence-electron chi connectivity index (χ4n) is 3.23. The van der Waals surface area contributed by atoms with Crippen molar-refractivity contribution in [2.45, 2.75) is 13.3 Å². The van der Waals surface area contributed by atoms with Crippen LogP contribution in [0.15, 0.2) is 36.4 Å². The highest BCUT2D eigenvalue weighted by Gasteiger charge is 2.14. The minimum atomic E-state index is -0.495. The first-order valence-corrected chi connectivity index (χ1v) is 10.2. The summed E-state index contributed by atoms with van der Waals surface area (Å²) in [6.45, 7) is 6.37. The number of phenolic OH excluding ortho intramolecular Hbond substituents is 2. The molecular weight excluding hydrogens is 406 g/mol. The minimum Gasteiger partial charge on any atom is -0.506 e. The van der Waals surface area contributed by atoms with Gasteiger partial charge in [-0.25, -0.2) is 8.78 Å². The third-order valence-electron chi connectivity index (χ3n) is 4.81. The molecule has 0 saturated carbocycles. The number of Topliss-reactive ketones (excluding diaryl/α,β-unsaturated/α-hetero) is 1. The van der Waals surface area contributed by atoms with Crippen LogP contribution in [0.1, 0.15) is 13.3 Å². The van der Waals surface area contributed by atoms with Crippen molar-refractivity contribution in [3.05, 3.63) is 48.0 Å². The van der Waals surface area contributed by atoms with E-state index in [0.717, 1.165) is 38.3 Å². The Hall–Kier alpha value is -2.91. The van der Waals surface area contributed by atoms with Crippen LogP contribution in [-0.4, -0.2) is 61.8 Å². The molecule has 0 bridgehead atoms. The molecule has 1 heterocycles. The quantitative estimate of drug-likeness (QED) is 0.528. The van der Waals surface area contributed by atoms with E-state index in [9.17, 15) is 23.8 Å². The van der Waals surface area contributed by atoms with Gasteiger partial charge in [-0.3, -0.25) is 4.79 Å². The normalized spacial score (nSPS) is 13.4. The molecule has 7 nitrogen and oxygen atoms in total. The van der Waals surface area contributed by atoms with E-state index in [1.54, 1.807) is 11.0 Å². The van der Waals surface area contributed by atoms with E-state index in [-0.39, 0.29) is 17.3 Å². The largest absolute Gasteiger partial charge is 0.506 e. The monoisotopic (exact) mass is 436 g/mol. The Bertz CT molecular complexity index is 861. The summed E-state index contributed by atoms with van der Waals surface area (Å²) in [6, 6.07) is 7.95. The first-order valence-electron chi connectivity index (χ1n) is 10.2. The lowest BCUT2D eigenvalue weighted by molar-refractivity contribution is -0.116. The predicted octanol–water partition coefficient (Wildman–Crippen LogP) is 2.22. The van der Waals surface area contributed by atoms with Crippen molar-refractivity contribution in [3.63, 3.8) is 0 Å². The van der Waals surface area contributed by atoms with Gasteiger partial charge in [0.1, 0.15) is 28.9 Å². The van der Waals surface area contributed by atoms with Crippen molar-refractivity contribution in [1.29, 1.82) is 0 Å². The highest BCUT2D eigenvalue weighted by atomic mass is 19.1. The number of halogens is 2. The average molecular weight is 437 g/mol. The molecule has 0 atom stereocenters. The van der Waals surface area contributed by atoms with Crippen molar-refractivity contribution in [2.24, 2.45) is 5.73 Å². The minimum absolute atomic E-state index is 0.0203. The standard InChI is InChI=1S/C12H17FN2O2.C10H13FN2O/c1-9(16)4-6-15(7-5-14)11-3-2-10(13)8-12(11)17;11-8-1-2-9(10(14)7-8)13-5-3-12-4-6-13/h2-3,8,17H,4-7,14H2,1H3;1-2,7,12,14H,3-6H2. The van der Waals surface area contributed by atoms with E-state index >= 15 is 0 Å². The van der Waals surface area contributed by atoms with Gasteiger partial charge in [-0.15, -0.1) is 0 Å². The van der Waals surface area contributed by atoms with Crippen molar-refractivity contribution < 1.29 is 23.8 Å². The molecular formula is C22H30F2N4O3. The Morgan fingerprint density at radius 1 is 1.06 bits per heavy atom. The smallest absolute Gasteiger partial charge is 0.141 e. The van der Waals surface area contributed by atoms with Gasteiger partial charge in [0.2, 0.25) is 0 Å². The Morgan fingerprint density at radius 2 is 1.68 bits per heavy atom. The number of hydrogen-bond acceptors (Lipinski definition) is 7. The van der Waals surface area contributed by atoms with E-state index in [4.69, 9.17) is 5.73 Å². The number of nitrogens with one attached hydrogen (secondary N) is 1. The zero-order valence-corrected chi connectivity index (χ0v) is 17.7. The van der Waals surface area contributed by atoms with Gasteiger partial charge >= 0.3 is 0 Å². The molecule has 0 aliphatic carbocycles. The fourth-order valence-corrected chi connectivity index (χ4v) is 3.23. The van der Waals surface area contributed by atoms with Gasteiger partial charge in [0.15, 0.2) is 0 Å². The van der Waals surface area contributed by atoms with Crippen LogP contribution >= 0.6 is 0 Å². The van der Waals surface area contributed by atoms with Crippen molar-refractivity contribution in [3.8, 4) is 11.5 Å². The van der Waals surface area contributed by atoms with Crippen LogP contribution < -0.4 is 20.9 Å². The van der Waals surface area contributed by atoms with E-state index in [1.165, 1.54) is 25.1 Å². The molecule has 0 aromatic heterocycles. The van der Waals surface area contributed by atoms with E-state index in [1.807, 2.05) is 4.90 Å². The molecule has 0 unspecified atom stereocenters. The van der Waals surface area contributed by atoms with Crippen LogP contribution in [0, 0.1) is 11.6 Å². The van der Waals surface area contributed by atoms with Gasteiger partial charge in [-0.1, -0.05) is 0 Å². The number of rotatable bonds is 7. The molecule has 2 aromatic carbocycles. The molecule has 1 saturated heterocycles. The molecule has 1 aliphatic rings. The second-order valence-electron chi connectivity index (χ2n) is 7.23. The third-order valence-corrected chi connectivity index (χ3v) is 4.81. The van der Waals surface area contributed by atoms with Crippen molar-refractivity contribution >= 4 is 17.2 Å². The number of phenols is 2. The molecule has 9 heteroatoms. The van der Waals surface area contributed by atoms with Crippen LogP contribution in [0.3, 0.4) is 0 Å². The SMILES string of the molecule is CC(=O)CCN(CCN)c1ccc(F)cc1O.Oc1cc(F)ccc1N1CCNCC1. The number of ketones is 1. The Kier molecular flexibility index (Phi) is 9.48. The summed E-state index contributed by atoms with van der Waals surface area (Å²) in [5.74, 6) is -0.950. The lowest BCUT2D eigenvalue weighted by Crippen LogP contribution is -2.43. The number of nitrogens with zero attached hydrogens (tertiary/aromatic N) is 2. The maximum absolute atomic E-state index is 12.9. The lowest BCUT2D eigenvalue weighted by Gasteiger charge is -2.29. The summed E-state index contributed by atoms with van der Waals surface area (Å²) in [5, 5.41) is 22.4. The van der Waals surface area contributed by atoms with E-state index in [2.05, 4.69) is 5.32 Å². The molecule has 0 spiro atoms. The number of carbonyl (C=O) groups is 1. The number of anilines is 2. The van der Waals surface area contributed by atoms with Gasteiger partial charge < -0.3 is 31.1 Å². The number of aromatic hydroxyl groups is 2. The van der Waals surface area contributed by atoms with Gasteiger partial charge in [-0.05, 0) is 31.2 Å². The molecule has 170 valence electrons. The molecule has 0 radical (unpaired) electrons. The summed E-state index contributed by atoms with van der Waals surface area (Å²) >= 11 is 0. The maximum Gasteiger partial charge on any atom is 0.141 e. The molecule has 2 aromatic rings. The van der Waals surface area contributed by atoms with E-state index in [0.29, 0.717) is 37.4 Å². The van der Waals surface area contributed by atoms with Gasteiger partial charge in [-0.2, -0.15) is 0 Å². The van der Waals surface area contributed by atoms with Crippen LogP contribution in [-0.2, 0) is 4.79 Å². The second-order valence-corrected chi connectivity index (χ2v) is 7.23. The molecule has 5 N–H and O–H groups in total. The average Bonchev–Trinajstić information content (AvgIpc) is 2.72. The highest BCUT2D eigenvalue weighted by Crippen LogP contribution is 2.28. The van der Waals surface area contributed by atoms with Crippen LogP contribution in [0.2, 0.25) is 0 Å². The van der Waals surface area contributed by atoms with Gasteiger partial charge in [0, 0.05) is 64.4 Å². The summed E-state index contributed by atoms with van der Waals surface area (Å²) < 4.78 is 25.6. The molecule has 1 fully saturated rings. The fraction of sp³-hybridized carbons (Fsp3) is 0.409. The molecule has 31 heavy (non-hydrogen) atoms. The highest BCUT2D eigenvalue weighted by molar-refractivity contribution is 5.76. The van der Waals surface area contributed by atoms with Crippen LogP contribution in [0.25, 0.3) is 0 Å². The zero-order valence-electron chi connectivity index (χ0n) is 17.7. The molecule has 1 aliphatic heterocycles. The number of hydrogen-bond donors (Lipinski definition) is 4. The maximum atomic E-state index is 12.9. The Morgan fingerprint density at radius 3 is 2.23 bits per heavy atom. The summed E-state index contributed by atoms with van der Waals surface area (Å²) in [4.78, 5) is 14.8. The Balaban J connectivity index is 0.000000224. The van der Waals surface area contributed by atoms with Crippen molar-refractivity contribution in [2.75, 3.05) is 55.6 Å². The van der Waals surface area contributed by atoms with Gasteiger partial charge in [0.05, 0.1) is 11.4 Å². The third kappa shape index (κ3) is 7.69. The molecule has 3 rings (SSSR count). The number of piperazine rings is 1. The Labute approximate surface area is 181 Å². The first kappa shape index (κ1) is 24.4. The lowest BCUT2D eigenvalue weighted by atomic mass is 10.2. The number of carbonyl (C=O) groups excluding carboxylic acids is 1. The molecule has 0 amide bonds. The van der Waals surface area contributed by atoms with Crippen LogP contribution in [0.5, 0.6) is 11.5 Å². The summed E-state index contributed by atoms with van der Waals surface area (Å²) in [6.07, 6.45) is 0.372. The first-order chi connectivity index (χ1) is 14.8. The summed E-state index contributed by atoms with van der Waals surface area (Å²) in [5.41, 5.74) is 6.68. The van der Waals surface area contributed by atoms with Gasteiger partial charge in [0.25, 0.3) is 0 Å². The summed E-state index contributed by atoms with van der Waals surface area (Å²) in [7, 11) is 0. The zero-order chi connectivity index (χ0) is 22.8.